The number of hydrogen-bond donors (Lipinski definition) is 3. The van der Waals surface area contributed by atoms with Crippen molar-refractivity contribution in [3.8, 4) is 0 Å². The van der Waals surface area contributed by atoms with Gasteiger partial charge >= 0.3 is 0 Å². The van der Waals surface area contributed by atoms with Gasteiger partial charge in [-0.3, -0.25) is 4.79 Å². The van der Waals surface area contributed by atoms with Gasteiger partial charge in [0.25, 0.3) is 5.91 Å². The SMILES string of the molecule is C=C1/C(=C\C=C2/CCC[C@]3(C)[C@@H]([C@H](C)C[C]4CC(C)(O)C(=O)N4Cc4ccccc4)CC[C@@H]23)C[C@@H](O)C[C@@H]1O. The summed E-state index contributed by atoms with van der Waals surface area (Å²) in [6.45, 7) is 11.1. The largest absolute Gasteiger partial charge is 0.393 e. The van der Waals surface area contributed by atoms with Gasteiger partial charge in [0.2, 0.25) is 0 Å². The second-order valence-electron chi connectivity index (χ2n) is 13.2. The Morgan fingerprint density at radius 1 is 1.15 bits per heavy atom. The van der Waals surface area contributed by atoms with Crippen molar-refractivity contribution in [1.29, 1.82) is 0 Å². The highest BCUT2D eigenvalue weighted by atomic mass is 16.3. The molecular weight excluding hydrogens is 486 g/mol. The molecule has 3 aliphatic carbocycles. The number of rotatable bonds is 6. The number of amides is 1. The maximum Gasteiger partial charge on any atom is 0.255 e. The lowest BCUT2D eigenvalue weighted by molar-refractivity contribution is -0.142. The lowest BCUT2D eigenvalue weighted by Crippen LogP contribution is -2.38. The number of hydrogen-bond acceptors (Lipinski definition) is 4. The lowest BCUT2D eigenvalue weighted by atomic mass is 9.60. The molecule has 1 saturated heterocycles. The Labute approximate surface area is 234 Å². The third-order valence-corrected chi connectivity index (χ3v) is 10.4. The van der Waals surface area contributed by atoms with E-state index >= 15 is 0 Å². The minimum Gasteiger partial charge on any atom is -0.393 e. The van der Waals surface area contributed by atoms with Gasteiger partial charge in [-0.15, -0.1) is 0 Å². The number of fused-ring (bicyclic) bond motifs is 1. The van der Waals surface area contributed by atoms with Crippen molar-refractivity contribution in [2.24, 2.45) is 23.2 Å². The van der Waals surface area contributed by atoms with Crippen molar-refractivity contribution in [3.63, 3.8) is 0 Å². The van der Waals surface area contributed by atoms with E-state index in [1.165, 1.54) is 31.3 Å². The topological polar surface area (TPSA) is 81.0 Å². The quantitative estimate of drug-likeness (QED) is 0.428. The van der Waals surface area contributed by atoms with Crippen LogP contribution in [0.4, 0.5) is 0 Å². The summed E-state index contributed by atoms with van der Waals surface area (Å²) < 4.78 is 0. The van der Waals surface area contributed by atoms with Crippen molar-refractivity contribution in [3.05, 3.63) is 77.4 Å². The zero-order valence-electron chi connectivity index (χ0n) is 23.9. The monoisotopic (exact) mass is 532 g/mol. The first-order valence-corrected chi connectivity index (χ1v) is 14.9. The molecule has 5 heteroatoms. The van der Waals surface area contributed by atoms with Crippen LogP contribution in [-0.2, 0) is 11.3 Å². The fourth-order valence-electron chi connectivity index (χ4n) is 8.33. The van der Waals surface area contributed by atoms with E-state index in [1.807, 2.05) is 35.2 Å². The van der Waals surface area contributed by atoms with Crippen molar-refractivity contribution < 1.29 is 20.1 Å². The first-order valence-electron chi connectivity index (χ1n) is 14.9. The van der Waals surface area contributed by atoms with Crippen LogP contribution in [0.2, 0.25) is 0 Å². The summed E-state index contributed by atoms with van der Waals surface area (Å²) in [5, 5.41) is 31.3. The van der Waals surface area contributed by atoms with Crippen LogP contribution in [-0.4, -0.2) is 43.9 Å². The molecule has 1 unspecified atom stereocenters. The molecule has 5 rings (SSSR count). The first-order chi connectivity index (χ1) is 18.5. The second-order valence-corrected chi connectivity index (χ2v) is 13.2. The Morgan fingerprint density at radius 2 is 1.90 bits per heavy atom. The third kappa shape index (κ3) is 5.55. The molecule has 1 aromatic carbocycles. The molecule has 4 aliphatic rings. The highest BCUT2D eigenvalue weighted by Gasteiger charge is 2.53. The second kappa shape index (κ2) is 11.0. The normalized spacial score (nSPS) is 38.6. The zero-order chi connectivity index (χ0) is 27.9. The summed E-state index contributed by atoms with van der Waals surface area (Å²) in [6, 6.07) is 11.1. The number of carbonyl (C=O) groups is 1. The van der Waals surface area contributed by atoms with E-state index in [0.29, 0.717) is 43.6 Å². The lowest BCUT2D eigenvalue weighted by Gasteiger charge is -2.45. The van der Waals surface area contributed by atoms with E-state index < -0.39 is 17.8 Å². The van der Waals surface area contributed by atoms with Gasteiger partial charge < -0.3 is 20.2 Å². The third-order valence-electron chi connectivity index (χ3n) is 10.4. The molecule has 1 heterocycles. The highest BCUT2D eigenvalue weighted by Crippen LogP contribution is 2.60. The fourth-order valence-corrected chi connectivity index (χ4v) is 8.33. The van der Waals surface area contributed by atoms with Gasteiger partial charge in [-0.25, -0.2) is 0 Å². The summed E-state index contributed by atoms with van der Waals surface area (Å²) in [5.74, 6) is 1.32. The number of aliphatic hydroxyl groups is 3. The predicted molar refractivity (Wildman–Crippen MR) is 154 cm³/mol. The molecule has 211 valence electrons. The molecule has 3 saturated carbocycles. The summed E-state index contributed by atoms with van der Waals surface area (Å²) in [6.07, 6.45) is 11.2. The molecular formula is C34H46NO4. The van der Waals surface area contributed by atoms with Gasteiger partial charge in [0.15, 0.2) is 0 Å². The summed E-state index contributed by atoms with van der Waals surface area (Å²) >= 11 is 0. The minimum atomic E-state index is -1.33. The van der Waals surface area contributed by atoms with Crippen LogP contribution in [0.3, 0.4) is 0 Å². The van der Waals surface area contributed by atoms with Gasteiger partial charge in [-0.05, 0) is 91.7 Å². The van der Waals surface area contributed by atoms with Crippen LogP contribution in [0.15, 0.2) is 65.8 Å². The number of aliphatic hydroxyl groups excluding tert-OH is 2. The summed E-state index contributed by atoms with van der Waals surface area (Å²) in [5.41, 5.74) is 3.17. The van der Waals surface area contributed by atoms with Crippen molar-refractivity contribution in [2.45, 2.75) is 103 Å². The Balaban J connectivity index is 1.31. The van der Waals surface area contributed by atoms with Crippen molar-refractivity contribution >= 4 is 5.91 Å². The molecule has 0 aromatic heterocycles. The van der Waals surface area contributed by atoms with Gasteiger partial charge in [0.05, 0.1) is 18.2 Å². The van der Waals surface area contributed by atoms with Crippen LogP contribution < -0.4 is 0 Å². The highest BCUT2D eigenvalue weighted by molar-refractivity contribution is 5.88. The molecule has 0 bridgehead atoms. The average Bonchev–Trinajstić information content (AvgIpc) is 3.35. The number of benzene rings is 1. The predicted octanol–water partition coefficient (Wildman–Crippen LogP) is 5.87. The van der Waals surface area contributed by atoms with Crippen LogP contribution >= 0.6 is 0 Å². The molecule has 1 radical (unpaired) electrons. The zero-order valence-corrected chi connectivity index (χ0v) is 23.9. The molecule has 7 atom stereocenters. The van der Waals surface area contributed by atoms with Gasteiger partial charge in [0.1, 0.15) is 5.60 Å². The molecule has 0 spiro atoms. The van der Waals surface area contributed by atoms with E-state index in [1.54, 1.807) is 6.92 Å². The van der Waals surface area contributed by atoms with Gasteiger partial charge in [-0.2, -0.15) is 0 Å². The Morgan fingerprint density at radius 3 is 2.64 bits per heavy atom. The number of likely N-dealkylation sites (tertiary alicyclic amines) is 1. The Kier molecular flexibility index (Phi) is 7.98. The van der Waals surface area contributed by atoms with Crippen molar-refractivity contribution in [2.75, 3.05) is 0 Å². The van der Waals surface area contributed by atoms with Crippen LogP contribution in [0, 0.1) is 29.2 Å². The molecule has 1 aliphatic heterocycles. The molecule has 5 nitrogen and oxygen atoms in total. The van der Waals surface area contributed by atoms with E-state index in [2.05, 4.69) is 32.6 Å². The van der Waals surface area contributed by atoms with E-state index in [0.717, 1.165) is 35.6 Å². The molecule has 3 N–H and O–H groups in total. The Bertz CT molecular complexity index is 1140. The maximum absolute atomic E-state index is 13.1. The minimum absolute atomic E-state index is 0.181. The summed E-state index contributed by atoms with van der Waals surface area (Å²) in [7, 11) is 0. The number of allylic oxidation sites excluding steroid dienone is 3. The van der Waals surface area contributed by atoms with E-state index in [4.69, 9.17) is 0 Å². The van der Waals surface area contributed by atoms with Crippen LogP contribution in [0.1, 0.15) is 84.1 Å². The molecule has 1 aromatic rings. The number of carbonyl (C=O) groups excluding carboxylic acids is 1. The standard InChI is InChI=1S/C34H46NO4/c1-22(17-27-20-34(4,39)32(38)35(27)21-24-9-6-5-7-10-24)29-14-15-30-25(11-8-16-33(29,30)3)12-13-26-18-28(36)19-31(37)23(26)2/h5-7,9-10,12-13,22,28-31,36-37,39H,2,8,11,14-21H2,1,3-4H3/b25-12+,26-13-/t22-,28-,29-,30+,31+,33-,34?/m1/s1. The van der Waals surface area contributed by atoms with E-state index in [9.17, 15) is 20.1 Å². The van der Waals surface area contributed by atoms with Gasteiger partial charge in [-0.1, -0.05) is 68.5 Å². The Hall–Kier alpha value is -2.21. The first kappa shape index (κ1) is 28.3. The number of nitrogens with zero attached hydrogens (tertiary/aromatic N) is 1. The smallest absolute Gasteiger partial charge is 0.255 e. The van der Waals surface area contributed by atoms with Crippen LogP contribution in [0.5, 0.6) is 0 Å². The fraction of sp³-hybridized carbons (Fsp3) is 0.588. The van der Waals surface area contributed by atoms with E-state index in [-0.39, 0.29) is 11.3 Å². The van der Waals surface area contributed by atoms with Crippen LogP contribution in [0.25, 0.3) is 0 Å². The molecule has 39 heavy (non-hydrogen) atoms. The maximum atomic E-state index is 13.1. The molecule has 1 amide bonds. The van der Waals surface area contributed by atoms with Gasteiger partial charge in [0, 0.05) is 19.4 Å². The molecule has 4 fully saturated rings. The summed E-state index contributed by atoms with van der Waals surface area (Å²) in [4.78, 5) is 15.0. The van der Waals surface area contributed by atoms with Crippen molar-refractivity contribution in [1.82, 2.24) is 4.90 Å². The average molecular weight is 533 g/mol.